The van der Waals surface area contributed by atoms with Gasteiger partial charge in [-0.1, -0.05) is 13.8 Å². The van der Waals surface area contributed by atoms with Crippen molar-refractivity contribution in [3.63, 3.8) is 0 Å². The second-order valence-corrected chi connectivity index (χ2v) is 5.06. The van der Waals surface area contributed by atoms with E-state index in [9.17, 15) is 4.79 Å². The lowest BCUT2D eigenvalue weighted by molar-refractivity contribution is 0.0950. The molecule has 0 aliphatic rings. The molecule has 0 saturated carbocycles. The van der Waals surface area contributed by atoms with E-state index in [2.05, 4.69) is 20.7 Å². The lowest BCUT2D eigenvalue weighted by Crippen LogP contribution is -2.18. The van der Waals surface area contributed by atoms with Crippen LogP contribution in [0.2, 0.25) is 0 Å². The summed E-state index contributed by atoms with van der Waals surface area (Å²) in [5.74, 6) is 0.758. The third kappa shape index (κ3) is 4.18. The second-order valence-electron chi connectivity index (χ2n) is 5.06. The number of aromatic amines is 1. The largest absolute Gasteiger partial charge is 0.494 e. The number of rotatable bonds is 6. The van der Waals surface area contributed by atoms with Crippen molar-refractivity contribution in [2.24, 2.45) is 5.10 Å². The van der Waals surface area contributed by atoms with Gasteiger partial charge in [0.1, 0.15) is 5.75 Å². The number of H-pyrrole nitrogens is 1. The summed E-state index contributed by atoms with van der Waals surface area (Å²) < 4.78 is 5.36. The average molecular weight is 300 g/mol. The number of hydrogen-bond donors (Lipinski definition) is 2. The predicted molar refractivity (Wildman–Crippen MR) is 85.3 cm³/mol. The molecule has 22 heavy (non-hydrogen) atoms. The Morgan fingerprint density at radius 2 is 2.14 bits per heavy atom. The zero-order chi connectivity index (χ0) is 15.9. The Hall–Kier alpha value is -2.63. The lowest BCUT2D eigenvalue weighted by Gasteiger charge is -2.02. The Labute approximate surface area is 129 Å². The van der Waals surface area contributed by atoms with Gasteiger partial charge in [-0.25, -0.2) is 5.43 Å². The van der Waals surface area contributed by atoms with Gasteiger partial charge in [0.2, 0.25) is 0 Å². The van der Waals surface area contributed by atoms with Crippen LogP contribution in [0.15, 0.2) is 35.4 Å². The van der Waals surface area contributed by atoms with E-state index >= 15 is 0 Å². The van der Waals surface area contributed by atoms with Crippen molar-refractivity contribution < 1.29 is 9.53 Å². The molecule has 6 heteroatoms. The van der Waals surface area contributed by atoms with Crippen LogP contribution in [0.3, 0.4) is 0 Å². The standard InChI is InChI=1S/C16H20N4O2/c1-4-22-13-7-5-12(6-8-13)10-17-20-16(21)15-9-14(11(2)3)18-19-15/h5-11H,4H2,1-3H3,(H,18,19)(H,20,21)/b17-10+. The van der Waals surface area contributed by atoms with Crippen LogP contribution in [-0.4, -0.2) is 28.9 Å². The van der Waals surface area contributed by atoms with Crippen molar-refractivity contribution in [2.45, 2.75) is 26.7 Å². The molecule has 0 bridgehead atoms. The summed E-state index contributed by atoms with van der Waals surface area (Å²) in [6.45, 7) is 6.62. The minimum Gasteiger partial charge on any atom is -0.494 e. The minimum atomic E-state index is -0.342. The first-order valence-corrected chi connectivity index (χ1v) is 7.21. The fourth-order valence-corrected chi connectivity index (χ4v) is 1.79. The monoisotopic (exact) mass is 300 g/mol. The van der Waals surface area contributed by atoms with Crippen molar-refractivity contribution >= 4 is 12.1 Å². The van der Waals surface area contributed by atoms with Gasteiger partial charge in [0.05, 0.1) is 12.8 Å². The number of amides is 1. The van der Waals surface area contributed by atoms with E-state index in [1.807, 2.05) is 45.0 Å². The molecule has 6 nitrogen and oxygen atoms in total. The average Bonchev–Trinajstić information content (AvgIpc) is 2.99. The fourth-order valence-electron chi connectivity index (χ4n) is 1.79. The highest BCUT2D eigenvalue weighted by molar-refractivity contribution is 5.93. The third-order valence-electron chi connectivity index (χ3n) is 3.02. The molecule has 2 N–H and O–H groups in total. The van der Waals surface area contributed by atoms with E-state index in [1.165, 1.54) is 0 Å². The van der Waals surface area contributed by atoms with Crippen LogP contribution in [0.1, 0.15) is 48.4 Å². The van der Waals surface area contributed by atoms with Gasteiger partial charge in [-0.15, -0.1) is 0 Å². The van der Waals surface area contributed by atoms with Gasteiger partial charge >= 0.3 is 0 Å². The first-order valence-electron chi connectivity index (χ1n) is 7.21. The number of carbonyl (C=O) groups excluding carboxylic acids is 1. The summed E-state index contributed by atoms with van der Waals surface area (Å²) in [5.41, 5.74) is 4.57. The predicted octanol–water partition coefficient (Wildman–Crippen LogP) is 2.70. The van der Waals surface area contributed by atoms with E-state index in [4.69, 9.17) is 4.74 Å². The number of nitrogens with one attached hydrogen (secondary N) is 2. The van der Waals surface area contributed by atoms with Gasteiger partial charge in [-0.3, -0.25) is 9.89 Å². The number of hydrazone groups is 1. The highest BCUT2D eigenvalue weighted by Gasteiger charge is 2.11. The van der Waals surface area contributed by atoms with E-state index in [1.54, 1.807) is 12.3 Å². The number of benzene rings is 1. The molecule has 1 heterocycles. The Morgan fingerprint density at radius 3 is 2.73 bits per heavy atom. The van der Waals surface area contributed by atoms with Gasteiger partial charge in [-0.05, 0) is 48.7 Å². The number of nitrogens with zero attached hydrogens (tertiary/aromatic N) is 2. The van der Waals surface area contributed by atoms with Crippen LogP contribution in [0.4, 0.5) is 0 Å². The number of carbonyl (C=O) groups is 1. The molecule has 116 valence electrons. The molecule has 0 atom stereocenters. The van der Waals surface area contributed by atoms with E-state index in [0.717, 1.165) is 17.0 Å². The van der Waals surface area contributed by atoms with E-state index in [0.29, 0.717) is 18.2 Å². The molecular formula is C16H20N4O2. The minimum absolute atomic E-state index is 0.293. The van der Waals surface area contributed by atoms with Crippen LogP contribution in [0.5, 0.6) is 5.75 Å². The Balaban J connectivity index is 1.92. The molecule has 1 aromatic carbocycles. The van der Waals surface area contributed by atoms with Crippen molar-refractivity contribution in [3.05, 3.63) is 47.3 Å². The highest BCUT2D eigenvalue weighted by Crippen LogP contribution is 2.12. The van der Waals surface area contributed by atoms with Crippen LogP contribution in [0, 0.1) is 0 Å². The van der Waals surface area contributed by atoms with Gasteiger partial charge < -0.3 is 4.74 Å². The topological polar surface area (TPSA) is 79.4 Å². The van der Waals surface area contributed by atoms with Gasteiger partial charge in [0.15, 0.2) is 5.69 Å². The third-order valence-corrected chi connectivity index (χ3v) is 3.02. The molecule has 1 aromatic heterocycles. The highest BCUT2D eigenvalue weighted by atomic mass is 16.5. The summed E-state index contributed by atoms with van der Waals surface area (Å²) in [7, 11) is 0. The number of hydrogen-bond acceptors (Lipinski definition) is 4. The Bertz CT molecular complexity index is 644. The maximum Gasteiger partial charge on any atom is 0.291 e. The SMILES string of the molecule is CCOc1ccc(/C=N/NC(=O)c2cc(C(C)C)[nH]n2)cc1. The molecule has 0 fully saturated rings. The molecule has 2 aromatic rings. The van der Waals surface area contributed by atoms with Crippen molar-refractivity contribution in [3.8, 4) is 5.75 Å². The van der Waals surface area contributed by atoms with E-state index in [-0.39, 0.29) is 5.91 Å². The summed E-state index contributed by atoms with van der Waals surface area (Å²) in [6.07, 6.45) is 1.57. The molecule has 1 amide bonds. The molecule has 0 aliphatic carbocycles. The first-order chi connectivity index (χ1) is 10.6. The van der Waals surface area contributed by atoms with Crippen molar-refractivity contribution in [1.29, 1.82) is 0 Å². The lowest BCUT2D eigenvalue weighted by atomic mass is 10.1. The van der Waals surface area contributed by atoms with Crippen LogP contribution >= 0.6 is 0 Å². The molecule has 0 radical (unpaired) electrons. The summed E-state index contributed by atoms with van der Waals surface area (Å²) >= 11 is 0. The van der Waals surface area contributed by atoms with Crippen molar-refractivity contribution in [2.75, 3.05) is 6.61 Å². The van der Waals surface area contributed by atoms with Gasteiger partial charge in [-0.2, -0.15) is 10.2 Å². The fraction of sp³-hybridized carbons (Fsp3) is 0.312. The second kappa shape index (κ2) is 7.40. The van der Waals surface area contributed by atoms with Crippen LogP contribution in [0.25, 0.3) is 0 Å². The maximum absolute atomic E-state index is 11.9. The van der Waals surface area contributed by atoms with Gasteiger partial charge in [0.25, 0.3) is 5.91 Å². The molecule has 0 spiro atoms. The summed E-state index contributed by atoms with van der Waals surface area (Å²) in [4.78, 5) is 11.9. The molecular weight excluding hydrogens is 280 g/mol. The summed E-state index contributed by atoms with van der Waals surface area (Å²) in [5, 5.41) is 10.7. The maximum atomic E-state index is 11.9. The Kier molecular flexibility index (Phi) is 5.30. The zero-order valence-electron chi connectivity index (χ0n) is 13.0. The molecule has 0 unspecified atom stereocenters. The van der Waals surface area contributed by atoms with Crippen molar-refractivity contribution in [1.82, 2.24) is 15.6 Å². The normalized spacial score (nSPS) is 11.1. The van der Waals surface area contributed by atoms with Crippen LogP contribution in [-0.2, 0) is 0 Å². The van der Waals surface area contributed by atoms with E-state index < -0.39 is 0 Å². The quantitative estimate of drug-likeness (QED) is 0.636. The zero-order valence-corrected chi connectivity index (χ0v) is 13.0. The molecule has 0 aliphatic heterocycles. The first kappa shape index (κ1) is 15.8. The summed E-state index contributed by atoms with van der Waals surface area (Å²) in [6, 6.07) is 9.18. The Morgan fingerprint density at radius 1 is 1.41 bits per heavy atom. The molecule has 0 saturated heterocycles. The van der Waals surface area contributed by atoms with Gasteiger partial charge in [0, 0.05) is 5.69 Å². The molecule has 2 rings (SSSR count). The smallest absolute Gasteiger partial charge is 0.291 e. The van der Waals surface area contributed by atoms with Crippen LogP contribution < -0.4 is 10.2 Å². The number of ether oxygens (including phenoxy) is 1. The number of aromatic nitrogens is 2.